The molecule has 1 heterocycles. The van der Waals surface area contributed by atoms with Crippen molar-refractivity contribution in [1.29, 1.82) is 0 Å². The fourth-order valence-corrected chi connectivity index (χ4v) is 7.50. The highest BCUT2D eigenvalue weighted by Crippen LogP contribution is 2.21. The molecule has 68 heavy (non-hydrogen) atoms. The van der Waals surface area contributed by atoms with Crippen LogP contribution < -0.4 is 4.74 Å². The van der Waals surface area contributed by atoms with Gasteiger partial charge in [-0.3, -0.25) is 38.8 Å². The Balaban J connectivity index is 2.60. The number of carbonyl (C=O) groups is 4. The Bertz CT molecular complexity index is 1540. The molecular weight excluding hydrogens is 881 g/mol. The van der Waals surface area contributed by atoms with E-state index in [0.29, 0.717) is 91.6 Å². The summed E-state index contributed by atoms with van der Waals surface area (Å²) in [6.45, 7) is 24.4. The minimum Gasteiger partial charge on any atom is -0.491 e. The number of hydrogen-bond acceptors (Lipinski definition) is 18. The summed E-state index contributed by atoms with van der Waals surface area (Å²) in [4.78, 5) is 62.9. The summed E-state index contributed by atoms with van der Waals surface area (Å²) in [6.07, 6.45) is 1.82. The molecule has 0 N–H and O–H groups in total. The van der Waals surface area contributed by atoms with Crippen LogP contribution in [0.2, 0.25) is 0 Å². The second kappa shape index (κ2) is 31.0. The molecule has 1 aliphatic heterocycles. The minimum absolute atomic E-state index is 0.0367. The Labute approximate surface area is 407 Å². The molecule has 0 radical (unpaired) electrons. The third kappa shape index (κ3) is 23.9. The maximum atomic E-state index is 13.9. The maximum Gasteiger partial charge on any atom is 0.325 e. The van der Waals surface area contributed by atoms with E-state index < -0.39 is 64.8 Å². The van der Waals surface area contributed by atoms with E-state index in [-0.39, 0.29) is 32.9 Å². The van der Waals surface area contributed by atoms with Crippen molar-refractivity contribution in [3.05, 3.63) is 29.8 Å². The SMILES string of the molecule is CCOCCOCCOc1ccc(CCC[C@@H](C(=O)OC)N2CCN([C@H](COC(C)(C)C)C(=O)OC)CCN([C@H](COC(C)(C)C)C(=O)OC)CCN([C@@H](COC(C)(C)C)C(=O)OC)CC2)cc1. The van der Waals surface area contributed by atoms with Gasteiger partial charge in [0.1, 0.15) is 36.5 Å². The first-order chi connectivity index (χ1) is 32.1. The van der Waals surface area contributed by atoms with Crippen molar-refractivity contribution in [2.75, 3.05) is 134 Å². The van der Waals surface area contributed by atoms with Crippen molar-refractivity contribution in [3.63, 3.8) is 0 Å². The Kier molecular flexibility index (Phi) is 27.7. The molecule has 1 aromatic rings. The highest BCUT2D eigenvalue weighted by Gasteiger charge is 2.37. The molecule has 392 valence electrons. The van der Waals surface area contributed by atoms with Crippen LogP contribution in [0.4, 0.5) is 0 Å². The third-order valence-electron chi connectivity index (χ3n) is 11.3. The van der Waals surface area contributed by atoms with Gasteiger partial charge in [-0.15, -0.1) is 0 Å². The average Bonchev–Trinajstić information content (AvgIpc) is 3.28. The largest absolute Gasteiger partial charge is 0.491 e. The molecule has 1 fully saturated rings. The fraction of sp³-hybridized carbons (Fsp3) is 0.800. The quantitative estimate of drug-likeness (QED) is 0.0731. The summed E-state index contributed by atoms with van der Waals surface area (Å²) in [5.41, 5.74) is -0.594. The van der Waals surface area contributed by atoms with Crippen molar-refractivity contribution in [1.82, 2.24) is 19.6 Å². The van der Waals surface area contributed by atoms with Crippen LogP contribution in [0.3, 0.4) is 0 Å². The Morgan fingerprint density at radius 2 is 0.809 bits per heavy atom. The predicted molar refractivity (Wildman–Crippen MR) is 259 cm³/mol. The standard InChI is InChI=1S/C50H88N4O14/c1-15-63-31-32-64-33-34-65-39-21-19-38(20-22-39)17-16-18-40(44(55)59-11)51-23-25-52(41(45(56)60-12)35-66-48(2,3)4)27-29-54(43(47(58)62-14)37-68-50(8,9)10)30-28-53(26-24-51)42(46(57)61-13)36-67-49(5,6)7/h19-22,40-43H,15-18,23-37H2,1-14H3/t40-,41-,42+,43+/m0/s1. The van der Waals surface area contributed by atoms with Gasteiger partial charge < -0.3 is 47.4 Å². The van der Waals surface area contributed by atoms with E-state index in [4.69, 9.17) is 47.4 Å². The molecule has 4 atom stereocenters. The number of carbonyl (C=O) groups excluding carboxylic acids is 4. The first-order valence-electron chi connectivity index (χ1n) is 24.1. The van der Waals surface area contributed by atoms with Crippen LogP contribution in [0.15, 0.2) is 24.3 Å². The van der Waals surface area contributed by atoms with Crippen LogP contribution in [0.1, 0.15) is 87.6 Å². The van der Waals surface area contributed by atoms with E-state index in [1.165, 1.54) is 28.4 Å². The van der Waals surface area contributed by atoms with Gasteiger partial charge in [0.25, 0.3) is 0 Å². The van der Waals surface area contributed by atoms with Gasteiger partial charge in [0.15, 0.2) is 0 Å². The van der Waals surface area contributed by atoms with E-state index in [1.807, 2.05) is 108 Å². The van der Waals surface area contributed by atoms with Crippen molar-refractivity contribution >= 4 is 23.9 Å². The summed E-state index contributed by atoms with van der Waals surface area (Å²) < 4.78 is 56.9. The molecule has 0 bridgehead atoms. The molecule has 18 nitrogen and oxygen atoms in total. The molecule has 0 aliphatic carbocycles. The lowest BCUT2D eigenvalue weighted by atomic mass is 10.0. The van der Waals surface area contributed by atoms with Crippen molar-refractivity contribution < 1.29 is 66.5 Å². The van der Waals surface area contributed by atoms with Crippen LogP contribution in [-0.4, -0.2) is 218 Å². The summed E-state index contributed by atoms with van der Waals surface area (Å²) >= 11 is 0. The van der Waals surface area contributed by atoms with Crippen LogP contribution in [0.25, 0.3) is 0 Å². The molecule has 0 amide bonds. The van der Waals surface area contributed by atoms with E-state index in [9.17, 15) is 19.2 Å². The first-order valence-corrected chi connectivity index (χ1v) is 24.1. The average molecular weight is 969 g/mol. The van der Waals surface area contributed by atoms with Gasteiger partial charge >= 0.3 is 23.9 Å². The summed E-state index contributed by atoms with van der Waals surface area (Å²) in [6, 6.07) is 4.77. The van der Waals surface area contributed by atoms with E-state index in [0.717, 1.165) is 11.3 Å². The number of methoxy groups -OCH3 is 4. The van der Waals surface area contributed by atoms with Crippen LogP contribution in [-0.2, 0) is 68.2 Å². The highest BCUT2D eigenvalue weighted by atomic mass is 16.6. The van der Waals surface area contributed by atoms with E-state index in [2.05, 4.69) is 4.90 Å². The zero-order chi connectivity index (χ0) is 50.9. The van der Waals surface area contributed by atoms with Gasteiger partial charge in [0, 0.05) is 59.0 Å². The Hall–Kier alpha value is -3.46. The number of nitrogens with zero attached hydrogens (tertiary/aromatic N) is 4. The second-order valence-electron chi connectivity index (χ2n) is 19.8. The number of rotatable bonds is 26. The number of hydrogen-bond donors (Lipinski definition) is 0. The lowest BCUT2D eigenvalue weighted by Gasteiger charge is -2.41. The fourth-order valence-electron chi connectivity index (χ4n) is 7.50. The lowest BCUT2D eigenvalue weighted by Crippen LogP contribution is -2.58. The molecule has 1 aromatic carbocycles. The van der Waals surface area contributed by atoms with Gasteiger partial charge in [0.05, 0.1) is 84.9 Å². The first kappa shape index (κ1) is 60.7. The van der Waals surface area contributed by atoms with Crippen molar-refractivity contribution in [2.45, 2.75) is 129 Å². The monoisotopic (exact) mass is 969 g/mol. The number of benzene rings is 1. The Morgan fingerprint density at radius 3 is 1.15 bits per heavy atom. The van der Waals surface area contributed by atoms with Gasteiger partial charge in [-0.25, -0.2) is 0 Å². The summed E-state index contributed by atoms with van der Waals surface area (Å²) in [5, 5.41) is 0. The molecular formula is C50H88N4O14. The van der Waals surface area contributed by atoms with Gasteiger partial charge in [0.2, 0.25) is 0 Å². The maximum absolute atomic E-state index is 13.9. The zero-order valence-corrected chi connectivity index (χ0v) is 44.1. The summed E-state index contributed by atoms with van der Waals surface area (Å²) in [7, 11) is 5.43. The van der Waals surface area contributed by atoms with Gasteiger partial charge in [-0.05, 0) is 106 Å². The van der Waals surface area contributed by atoms with Crippen LogP contribution in [0.5, 0.6) is 5.75 Å². The second-order valence-corrected chi connectivity index (χ2v) is 19.8. The van der Waals surface area contributed by atoms with E-state index in [1.54, 1.807) is 0 Å². The number of aryl methyl sites for hydroxylation is 1. The van der Waals surface area contributed by atoms with E-state index >= 15 is 0 Å². The van der Waals surface area contributed by atoms with Gasteiger partial charge in [-0.1, -0.05) is 12.1 Å². The summed E-state index contributed by atoms with van der Waals surface area (Å²) in [5.74, 6) is -1.08. The minimum atomic E-state index is -0.824. The topological polar surface area (TPSA) is 174 Å². The van der Waals surface area contributed by atoms with Crippen molar-refractivity contribution in [2.24, 2.45) is 0 Å². The molecule has 0 saturated carbocycles. The molecule has 0 aromatic heterocycles. The highest BCUT2D eigenvalue weighted by molar-refractivity contribution is 5.77. The molecule has 0 spiro atoms. The van der Waals surface area contributed by atoms with Gasteiger partial charge in [-0.2, -0.15) is 0 Å². The predicted octanol–water partition coefficient (Wildman–Crippen LogP) is 4.27. The van der Waals surface area contributed by atoms with Crippen LogP contribution in [0, 0.1) is 0 Å². The Morgan fingerprint density at radius 1 is 0.485 bits per heavy atom. The molecule has 1 saturated heterocycles. The molecule has 0 unspecified atom stereocenters. The molecule has 1 aliphatic rings. The third-order valence-corrected chi connectivity index (χ3v) is 11.3. The lowest BCUT2D eigenvalue weighted by molar-refractivity contribution is -0.157. The van der Waals surface area contributed by atoms with Crippen molar-refractivity contribution in [3.8, 4) is 5.75 Å². The normalized spacial score (nSPS) is 17.5. The molecule has 18 heteroatoms. The zero-order valence-electron chi connectivity index (χ0n) is 44.1. The number of esters is 4. The van der Waals surface area contributed by atoms with Crippen LogP contribution >= 0.6 is 0 Å². The smallest absolute Gasteiger partial charge is 0.325 e. The molecule has 2 rings (SSSR count). The number of ether oxygens (including phenoxy) is 10.